The summed E-state index contributed by atoms with van der Waals surface area (Å²) in [6, 6.07) is 9.39. The number of halogens is 2. The molecule has 2 atom stereocenters. The van der Waals surface area contributed by atoms with E-state index in [4.69, 9.17) is 19.6 Å². The number of amides is 1. The first-order chi connectivity index (χ1) is 22.7. The van der Waals surface area contributed by atoms with Crippen LogP contribution in [0.4, 0.5) is 8.78 Å². The van der Waals surface area contributed by atoms with Crippen molar-refractivity contribution in [3.05, 3.63) is 84.2 Å². The number of methoxy groups -OCH3 is 1. The minimum atomic E-state index is -0.788. The van der Waals surface area contributed by atoms with E-state index in [1.807, 2.05) is 66.0 Å². The van der Waals surface area contributed by atoms with Gasteiger partial charge in [0.15, 0.2) is 0 Å². The van der Waals surface area contributed by atoms with E-state index < -0.39 is 11.6 Å². The average Bonchev–Trinajstić information content (AvgIpc) is 3.79. The molecule has 0 aliphatic carbocycles. The van der Waals surface area contributed by atoms with Crippen molar-refractivity contribution in [1.82, 2.24) is 29.2 Å². The summed E-state index contributed by atoms with van der Waals surface area (Å²) in [5.74, 6) is -1.69. The highest BCUT2D eigenvalue weighted by Gasteiger charge is 2.34. The largest absolute Gasteiger partial charge is 0.490 e. The molecule has 0 spiro atoms. The molecule has 0 bridgehead atoms. The monoisotopic (exact) mass is 654 g/mol. The zero-order chi connectivity index (χ0) is 33.0. The lowest BCUT2D eigenvalue weighted by Gasteiger charge is -2.38. The Morgan fingerprint density at radius 1 is 1.13 bits per heavy atom. The molecule has 240 valence electrons. The molecule has 1 amide bonds. The fraction of sp³-hybridized carbons (Fsp3) is 0.257. The Kier molecular flexibility index (Phi) is 7.85. The van der Waals surface area contributed by atoms with Gasteiger partial charge in [-0.3, -0.25) is 14.5 Å². The van der Waals surface area contributed by atoms with Crippen LogP contribution >= 0.6 is 11.3 Å². The van der Waals surface area contributed by atoms with Crippen molar-refractivity contribution in [3.63, 3.8) is 0 Å². The third-order valence-electron chi connectivity index (χ3n) is 8.67. The number of carbonyl (C=O) groups is 1. The van der Waals surface area contributed by atoms with E-state index in [2.05, 4.69) is 11.6 Å². The van der Waals surface area contributed by atoms with Crippen molar-refractivity contribution in [2.24, 2.45) is 7.05 Å². The van der Waals surface area contributed by atoms with Gasteiger partial charge in [0.2, 0.25) is 5.91 Å². The highest BCUT2D eigenvalue weighted by atomic mass is 32.1. The van der Waals surface area contributed by atoms with Gasteiger partial charge in [0.25, 0.3) is 0 Å². The SMILES string of the molecule is C=CC(=O)N1C(C)Cn2nc(-c3nc(-c4cnc5ccn(C)c5c4)c4ccsc4c3-c3c(F)cc(F)cc3OCCOC)cc2C1C. The number of pyridine rings is 2. The topological polar surface area (TPSA) is 87.3 Å². The van der Waals surface area contributed by atoms with E-state index in [1.54, 1.807) is 11.1 Å². The average molecular weight is 655 g/mol. The Balaban J connectivity index is 1.51. The second-order valence-electron chi connectivity index (χ2n) is 11.6. The first kappa shape index (κ1) is 30.7. The molecule has 0 saturated heterocycles. The number of ether oxygens (including phenoxy) is 2. The number of thiophene rings is 1. The van der Waals surface area contributed by atoms with Crippen LogP contribution in [-0.4, -0.2) is 61.5 Å². The molecular formula is C35H32F2N6O3S. The van der Waals surface area contributed by atoms with Crippen LogP contribution in [0.1, 0.15) is 25.6 Å². The van der Waals surface area contributed by atoms with Crippen LogP contribution in [0.15, 0.2) is 66.8 Å². The fourth-order valence-electron chi connectivity index (χ4n) is 6.48. The zero-order valence-corrected chi connectivity index (χ0v) is 27.1. The highest BCUT2D eigenvalue weighted by Crippen LogP contribution is 2.47. The van der Waals surface area contributed by atoms with Gasteiger partial charge in [-0.2, -0.15) is 5.10 Å². The molecule has 7 rings (SSSR count). The smallest absolute Gasteiger partial charge is 0.246 e. The van der Waals surface area contributed by atoms with Crippen molar-refractivity contribution < 1.29 is 23.0 Å². The molecule has 6 heterocycles. The Morgan fingerprint density at radius 3 is 2.74 bits per heavy atom. The molecule has 6 aromatic rings. The molecule has 1 aliphatic heterocycles. The van der Waals surface area contributed by atoms with E-state index in [-0.39, 0.29) is 42.5 Å². The van der Waals surface area contributed by atoms with Crippen molar-refractivity contribution in [2.75, 3.05) is 20.3 Å². The van der Waals surface area contributed by atoms with Crippen LogP contribution in [-0.2, 0) is 23.1 Å². The van der Waals surface area contributed by atoms with Crippen LogP contribution in [0, 0.1) is 11.6 Å². The normalized spacial score (nSPS) is 16.2. The van der Waals surface area contributed by atoms with Crippen LogP contribution < -0.4 is 4.74 Å². The fourth-order valence-corrected chi connectivity index (χ4v) is 7.42. The number of hydrogen-bond acceptors (Lipinski definition) is 7. The summed E-state index contributed by atoms with van der Waals surface area (Å²) >= 11 is 1.42. The summed E-state index contributed by atoms with van der Waals surface area (Å²) in [5.41, 5.74) is 5.41. The lowest BCUT2D eigenvalue weighted by atomic mass is 9.96. The van der Waals surface area contributed by atoms with E-state index >= 15 is 4.39 Å². The third kappa shape index (κ3) is 5.17. The molecule has 0 saturated carbocycles. The summed E-state index contributed by atoms with van der Waals surface area (Å²) in [6.45, 7) is 8.36. The van der Waals surface area contributed by atoms with Crippen molar-refractivity contribution in [3.8, 4) is 39.5 Å². The van der Waals surface area contributed by atoms with Gasteiger partial charge in [-0.1, -0.05) is 6.58 Å². The molecule has 2 unspecified atom stereocenters. The van der Waals surface area contributed by atoms with Gasteiger partial charge in [0, 0.05) is 65.9 Å². The van der Waals surface area contributed by atoms with E-state index in [0.717, 1.165) is 38.4 Å². The van der Waals surface area contributed by atoms with Crippen molar-refractivity contribution in [2.45, 2.75) is 32.5 Å². The second kappa shape index (κ2) is 12.0. The summed E-state index contributed by atoms with van der Waals surface area (Å²) in [5, 5.41) is 7.68. The molecular weight excluding hydrogens is 622 g/mol. The van der Waals surface area contributed by atoms with Crippen LogP contribution in [0.25, 0.3) is 54.9 Å². The number of hydrogen-bond donors (Lipinski definition) is 0. The highest BCUT2D eigenvalue weighted by molar-refractivity contribution is 7.18. The third-order valence-corrected chi connectivity index (χ3v) is 9.60. The van der Waals surface area contributed by atoms with Crippen LogP contribution in [0.3, 0.4) is 0 Å². The van der Waals surface area contributed by atoms with Gasteiger partial charge < -0.3 is 18.9 Å². The predicted molar refractivity (Wildman–Crippen MR) is 178 cm³/mol. The number of fused-ring (bicyclic) bond motifs is 3. The Labute approximate surface area is 273 Å². The molecule has 1 aromatic carbocycles. The summed E-state index contributed by atoms with van der Waals surface area (Å²) in [7, 11) is 3.48. The number of aromatic nitrogens is 5. The van der Waals surface area contributed by atoms with E-state index in [9.17, 15) is 9.18 Å². The number of benzene rings is 1. The van der Waals surface area contributed by atoms with Crippen LogP contribution in [0.5, 0.6) is 5.75 Å². The van der Waals surface area contributed by atoms with Gasteiger partial charge in [-0.25, -0.2) is 13.8 Å². The number of nitrogens with zero attached hydrogens (tertiary/aromatic N) is 6. The molecule has 0 fully saturated rings. The minimum Gasteiger partial charge on any atom is -0.490 e. The standard InChI is InChI=1S/C35H32F2N6O3S/c1-6-30(44)43-19(2)18-42-27(20(43)3)16-26(40-42)34-32(31-24(37)14-22(36)15-29(31)46-11-10-45-5)35-23(8-12-47-35)33(39-34)21-13-28-25(38-17-21)7-9-41(28)4/h6-9,12-17,19-20H,1,10-11,18H2,2-5H3. The number of carbonyl (C=O) groups excluding carboxylic acids is 1. The van der Waals surface area contributed by atoms with E-state index in [1.165, 1.54) is 30.6 Å². The maximum absolute atomic E-state index is 16.1. The molecule has 0 N–H and O–H groups in total. The zero-order valence-electron chi connectivity index (χ0n) is 26.3. The maximum Gasteiger partial charge on any atom is 0.246 e. The van der Waals surface area contributed by atoms with Crippen molar-refractivity contribution in [1.29, 1.82) is 0 Å². The number of aryl methyl sites for hydroxylation is 1. The van der Waals surface area contributed by atoms with Crippen LogP contribution in [0.2, 0.25) is 0 Å². The lowest BCUT2D eigenvalue weighted by molar-refractivity contribution is -0.131. The second-order valence-corrected chi connectivity index (χ2v) is 12.5. The molecule has 12 heteroatoms. The quantitative estimate of drug-likeness (QED) is 0.128. The first-order valence-electron chi connectivity index (χ1n) is 15.2. The summed E-state index contributed by atoms with van der Waals surface area (Å²) in [6.07, 6.45) is 5.05. The van der Waals surface area contributed by atoms with Gasteiger partial charge in [0.1, 0.15) is 35.4 Å². The molecule has 1 aliphatic rings. The predicted octanol–water partition coefficient (Wildman–Crippen LogP) is 7.16. The Morgan fingerprint density at radius 2 is 1.96 bits per heavy atom. The summed E-state index contributed by atoms with van der Waals surface area (Å²) < 4.78 is 46.4. The van der Waals surface area contributed by atoms with Gasteiger partial charge in [0.05, 0.1) is 47.2 Å². The van der Waals surface area contributed by atoms with Gasteiger partial charge in [-0.05, 0) is 49.6 Å². The minimum absolute atomic E-state index is 0.0330. The van der Waals surface area contributed by atoms with E-state index in [0.29, 0.717) is 29.2 Å². The molecule has 5 aromatic heterocycles. The Hall–Kier alpha value is -4.94. The number of rotatable bonds is 8. The maximum atomic E-state index is 16.1. The lowest BCUT2D eigenvalue weighted by Crippen LogP contribution is -2.46. The molecule has 47 heavy (non-hydrogen) atoms. The van der Waals surface area contributed by atoms with Crippen molar-refractivity contribution >= 4 is 38.4 Å². The summed E-state index contributed by atoms with van der Waals surface area (Å²) in [4.78, 5) is 24.5. The Bertz CT molecular complexity index is 2190. The first-order valence-corrected chi connectivity index (χ1v) is 16.0. The van der Waals surface area contributed by atoms with Gasteiger partial charge in [-0.15, -0.1) is 11.3 Å². The van der Waals surface area contributed by atoms with Gasteiger partial charge >= 0.3 is 0 Å². The molecule has 0 radical (unpaired) electrons. The molecule has 9 nitrogen and oxygen atoms in total.